The number of esters is 1. The molecule has 0 saturated carbocycles. The number of carbonyl (C=O) groups is 2. The lowest BCUT2D eigenvalue weighted by molar-refractivity contribution is -0.136. The Morgan fingerprint density at radius 3 is 2.41 bits per heavy atom. The van der Waals surface area contributed by atoms with Crippen molar-refractivity contribution >= 4 is 23.6 Å². The molecule has 0 bridgehead atoms. The first-order chi connectivity index (χ1) is 13.0. The van der Waals surface area contributed by atoms with E-state index in [1.807, 2.05) is 0 Å². The topological polar surface area (TPSA) is 76.1 Å². The Morgan fingerprint density at radius 1 is 1.11 bits per heavy atom. The fraction of sp³-hybridized carbons (Fsp3) is 0.143. The number of amides is 1. The average Bonchev–Trinajstić information content (AvgIpc) is 2.91. The van der Waals surface area contributed by atoms with Gasteiger partial charge in [-0.3, -0.25) is 9.69 Å². The Kier molecular flexibility index (Phi) is 4.98. The highest BCUT2D eigenvalue weighted by molar-refractivity contribution is 6.23. The lowest BCUT2D eigenvalue weighted by atomic mass is 10.0. The van der Waals surface area contributed by atoms with E-state index in [4.69, 9.17) is 9.47 Å². The number of methoxy groups -OCH3 is 2. The number of rotatable bonds is 4. The lowest BCUT2D eigenvalue weighted by Crippen LogP contribution is -2.24. The van der Waals surface area contributed by atoms with Gasteiger partial charge in [0.2, 0.25) is 0 Å². The van der Waals surface area contributed by atoms with Crippen LogP contribution in [0, 0.1) is 0 Å². The van der Waals surface area contributed by atoms with Crippen LogP contribution in [0.4, 0.5) is 5.69 Å². The third-order valence-corrected chi connectivity index (χ3v) is 4.30. The molecule has 27 heavy (non-hydrogen) atoms. The van der Waals surface area contributed by atoms with Gasteiger partial charge in [-0.05, 0) is 55.0 Å². The van der Waals surface area contributed by atoms with Crippen LogP contribution in [-0.4, -0.2) is 31.2 Å². The molecule has 0 saturated heterocycles. The summed E-state index contributed by atoms with van der Waals surface area (Å²) in [5.74, 6) is -0.206. The van der Waals surface area contributed by atoms with Gasteiger partial charge in [-0.15, -0.1) is 0 Å². The van der Waals surface area contributed by atoms with Crippen LogP contribution in [0.15, 0.2) is 65.4 Å². The predicted molar refractivity (Wildman–Crippen MR) is 101 cm³/mol. The highest BCUT2D eigenvalue weighted by Gasteiger charge is 2.37. The number of ether oxygens (including phenoxy) is 2. The van der Waals surface area contributed by atoms with Crippen LogP contribution < -0.4 is 9.64 Å². The monoisotopic (exact) mass is 365 g/mol. The summed E-state index contributed by atoms with van der Waals surface area (Å²) < 4.78 is 10.0. The van der Waals surface area contributed by atoms with Crippen LogP contribution in [0.5, 0.6) is 11.5 Å². The Morgan fingerprint density at radius 2 is 1.81 bits per heavy atom. The van der Waals surface area contributed by atoms with E-state index < -0.39 is 5.97 Å². The average molecular weight is 365 g/mol. The first-order valence-corrected chi connectivity index (χ1v) is 8.25. The molecule has 0 aromatic heterocycles. The molecule has 0 radical (unpaired) electrons. The van der Waals surface area contributed by atoms with E-state index in [2.05, 4.69) is 0 Å². The number of allylic oxidation sites excluding steroid dienone is 1. The zero-order valence-electron chi connectivity index (χ0n) is 15.2. The van der Waals surface area contributed by atoms with Crippen molar-refractivity contribution in [2.75, 3.05) is 19.1 Å². The van der Waals surface area contributed by atoms with Crippen molar-refractivity contribution in [3.05, 3.63) is 70.9 Å². The minimum Gasteiger partial charge on any atom is -0.508 e. The minimum atomic E-state index is -0.594. The summed E-state index contributed by atoms with van der Waals surface area (Å²) in [6.07, 6.45) is 1.57. The summed E-state index contributed by atoms with van der Waals surface area (Å²) in [5, 5.41) is 9.67. The molecule has 1 N–H and O–H groups in total. The number of hydrogen-bond donors (Lipinski definition) is 1. The highest BCUT2D eigenvalue weighted by atomic mass is 16.5. The molecule has 0 spiro atoms. The highest BCUT2D eigenvalue weighted by Crippen LogP contribution is 2.36. The van der Waals surface area contributed by atoms with Gasteiger partial charge in [0.05, 0.1) is 25.4 Å². The van der Waals surface area contributed by atoms with Crippen LogP contribution in [-0.2, 0) is 14.3 Å². The third kappa shape index (κ3) is 3.42. The van der Waals surface area contributed by atoms with E-state index >= 15 is 0 Å². The van der Waals surface area contributed by atoms with E-state index in [-0.39, 0.29) is 22.8 Å². The maximum absolute atomic E-state index is 13.1. The minimum absolute atomic E-state index is 0.0714. The van der Waals surface area contributed by atoms with Crippen LogP contribution >= 0.6 is 0 Å². The van der Waals surface area contributed by atoms with Gasteiger partial charge in [0.1, 0.15) is 11.5 Å². The van der Waals surface area contributed by atoms with Crippen molar-refractivity contribution in [1.82, 2.24) is 0 Å². The Bertz CT molecular complexity index is 957. The molecule has 138 valence electrons. The molecule has 1 amide bonds. The SMILES string of the molecule is COC(=O)C1=C(C)N(c2ccc(OC)cc2)C(=O)/C1=C\c1cccc(O)c1. The second-order valence-corrected chi connectivity index (χ2v) is 5.94. The van der Waals surface area contributed by atoms with Crippen molar-refractivity contribution in [3.63, 3.8) is 0 Å². The van der Waals surface area contributed by atoms with Crippen molar-refractivity contribution < 1.29 is 24.2 Å². The van der Waals surface area contributed by atoms with E-state index in [1.165, 1.54) is 24.1 Å². The van der Waals surface area contributed by atoms with Gasteiger partial charge in [0, 0.05) is 11.4 Å². The Balaban J connectivity index is 2.11. The molecule has 6 nitrogen and oxygen atoms in total. The molecule has 0 atom stereocenters. The summed E-state index contributed by atoms with van der Waals surface area (Å²) in [6, 6.07) is 13.4. The molecule has 3 rings (SSSR count). The largest absolute Gasteiger partial charge is 0.508 e. The van der Waals surface area contributed by atoms with Gasteiger partial charge in [0.25, 0.3) is 5.91 Å². The van der Waals surface area contributed by atoms with E-state index in [9.17, 15) is 14.7 Å². The van der Waals surface area contributed by atoms with Crippen LogP contribution in [0.25, 0.3) is 6.08 Å². The molecular formula is C21H19NO5. The van der Waals surface area contributed by atoms with E-state index in [0.717, 1.165) is 0 Å². The summed E-state index contributed by atoms with van der Waals surface area (Å²) in [7, 11) is 2.84. The van der Waals surface area contributed by atoms with Gasteiger partial charge in [0.15, 0.2) is 0 Å². The molecule has 0 unspecified atom stereocenters. The first kappa shape index (κ1) is 18.3. The number of aromatic hydroxyl groups is 1. The first-order valence-electron chi connectivity index (χ1n) is 8.25. The molecule has 1 heterocycles. The van der Waals surface area contributed by atoms with E-state index in [1.54, 1.807) is 56.5 Å². The van der Waals surface area contributed by atoms with Crippen molar-refractivity contribution in [1.29, 1.82) is 0 Å². The second kappa shape index (κ2) is 7.37. The smallest absolute Gasteiger partial charge is 0.340 e. The molecule has 0 fully saturated rings. The fourth-order valence-electron chi connectivity index (χ4n) is 3.00. The molecule has 2 aromatic rings. The number of hydrogen-bond acceptors (Lipinski definition) is 5. The van der Waals surface area contributed by atoms with Crippen LogP contribution in [0.1, 0.15) is 12.5 Å². The number of carbonyl (C=O) groups excluding carboxylic acids is 2. The molecule has 1 aliphatic rings. The third-order valence-electron chi connectivity index (χ3n) is 4.30. The van der Waals surface area contributed by atoms with Gasteiger partial charge < -0.3 is 14.6 Å². The number of benzene rings is 2. The van der Waals surface area contributed by atoms with Gasteiger partial charge in [-0.1, -0.05) is 12.1 Å². The summed E-state index contributed by atoms with van der Waals surface area (Å²) in [6.45, 7) is 1.69. The second-order valence-electron chi connectivity index (χ2n) is 5.94. The maximum Gasteiger partial charge on any atom is 0.340 e. The zero-order chi connectivity index (χ0) is 19.6. The molecule has 1 aliphatic heterocycles. The van der Waals surface area contributed by atoms with Crippen molar-refractivity contribution in [2.24, 2.45) is 0 Å². The van der Waals surface area contributed by atoms with Crippen molar-refractivity contribution in [2.45, 2.75) is 6.92 Å². The number of anilines is 1. The van der Waals surface area contributed by atoms with Crippen LogP contribution in [0.3, 0.4) is 0 Å². The lowest BCUT2D eigenvalue weighted by Gasteiger charge is -2.18. The van der Waals surface area contributed by atoms with Crippen molar-refractivity contribution in [3.8, 4) is 11.5 Å². The quantitative estimate of drug-likeness (QED) is 0.665. The van der Waals surface area contributed by atoms with E-state index in [0.29, 0.717) is 22.7 Å². The number of nitrogens with zero attached hydrogens (tertiary/aromatic N) is 1. The Hall–Kier alpha value is -3.54. The summed E-state index contributed by atoms with van der Waals surface area (Å²) >= 11 is 0. The molecular weight excluding hydrogens is 346 g/mol. The predicted octanol–water partition coefficient (Wildman–Crippen LogP) is 3.28. The van der Waals surface area contributed by atoms with Crippen LogP contribution in [0.2, 0.25) is 0 Å². The van der Waals surface area contributed by atoms with Gasteiger partial charge in [-0.25, -0.2) is 4.79 Å². The standard InChI is InChI=1S/C21H19NO5/c1-13-19(21(25)27-3)18(12-14-5-4-6-16(23)11-14)20(24)22(13)15-7-9-17(26-2)10-8-15/h4-12,23H,1-3H3/b18-12-. The molecule has 2 aromatic carbocycles. The summed E-state index contributed by atoms with van der Waals surface area (Å²) in [4.78, 5) is 26.9. The fourth-order valence-corrected chi connectivity index (χ4v) is 3.00. The van der Waals surface area contributed by atoms with Gasteiger partial charge >= 0.3 is 5.97 Å². The normalized spacial score (nSPS) is 15.4. The van der Waals surface area contributed by atoms with Gasteiger partial charge in [-0.2, -0.15) is 0 Å². The Labute approximate surface area is 156 Å². The molecule has 0 aliphatic carbocycles. The maximum atomic E-state index is 13.1. The molecule has 6 heteroatoms. The summed E-state index contributed by atoms with van der Waals surface area (Å²) in [5.41, 5.74) is 2.09. The number of phenolic OH excluding ortho intramolecular Hbond substituents is 1. The number of phenols is 1. The zero-order valence-corrected chi connectivity index (χ0v) is 15.2.